The molecular formula is C16H19ClN2. The molecule has 0 fully saturated rings. The molecule has 19 heavy (non-hydrogen) atoms. The third-order valence-electron chi connectivity index (χ3n) is 3.32. The lowest BCUT2D eigenvalue weighted by molar-refractivity contribution is 0.552. The maximum atomic E-state index is 6.01. The predicted octanol–water partition coefficient (Wildman–Crippen LogP) is 3.65. The summed E-state index contributed by atoms with van der Waals surface area (Å²) >= 11 is 6.01. The van der Waals surface area contributed by atoms with Crippen molar-refractivity contribution in [2.45, 2.75) is 25.8 Å². The average Bonchev–Trinajstić information content (AvgIpc) is 2.45. The standard InChI is InChI=1S/C16H19ClN2/c1-2-12-6-8-14(9-7-12)16(19-18)11-13-4-3-5-15(17)10-13/h3-10,16,19H,2,11,18H2,1H3. The molecule has 3 heteroatoms. The summed E-state index contributed by atoms with van der Waals surface area (Å²) in [6.07, 6.45) is 1.87. The minimum absolute atomic E-state index is 0.101. The molecule has 0 bridgehead atoms. The van der Waals surface area contributed by atoms with Crippen LogP contribution in [0, 0.1) is 0 Å². The Balaban J connectivity index is 2.15. The molecule has 0 amide bonds. The summed E-state index contributed by atoms with van der Waals surface area (Å²) in [5.74, 6) is 5.68. The Morgan fingerprint density at radius 1 is 1.11 bits per heavy atom. The van der Waals surface area contributed by atoms with Crippen LogP contribution in [0.25, 0.3) is 0 Å². The first-order chi connectivity index (χ1) is 9.22. The number of hydrogen-bond donors (Lipinski definition) is 2. The first kappa shape index (κ1) is 14.1. The second-order valence-electron chi connectivity index (χ2n) is 4.65. The normalized spacial score (nSPS) is 12.4. The van der Waals surface area contributed by atoms with E-state index in [1.807, 2.05) is 18.2 Å². The molecule has 0 saturated heterocycles. The van der Waals surface area contributed by atoms with Gasteiger partial charge in [-0.05, 0) is 41.7 Å². The van der Waals surface area contributed by atoms with Gasteiger partial charge < -0.3 is 0 Å². The van der Waals surface area contributed by atoms with E-state index in [4.69, 9.17) is 17.4 Å². The Morgan fingerprint density at radius 3 is 2.42 bits per heavy atom. The number of hydrogen-bond acceptors (Lipinski definition) is 2. The number of nitrogens with two attached hydrogens (primary N) is 1. The third-order valence-corrected chi connectivity index (χ3v) is 3.56. The van der Waals surface area contributed by atoms with Crippen LogP contribution in [0.2, 0.25) is 5.02 Å². The lowest BCUT2D eigenvalue weighted by Crippen LogP contribution is -2.29. The van der Waals surface area contributed by atoms with E-state index in [-0.39, 0.29) is 6.04 Å². The molecule has 2 nitrogen and oxygen atoms in total. The largest absolute Gasteiger partial charge is 0.271 e. The Bertz CT molecular complexity index is 523. The molecule has 0 aliphatic heterocycles. The molecule has 1 atom stereocenters. The maximum Gasteiger partial charge on any atom is 0.0500 e. The summed E-state index contributed by atoms with van der Waals surface area (Å²) in [7, 11) is 0. The van der Waals surface area contributed by atoms with Crippen molar-refractivity contribution in [3.8, 4) is 0 Å². The van der Waals surface area contributed by atoms with Crippen LogP contribution in [0.3, 0.4) is 0 Å². The average molecular weight is 275 g/mol. The van der Waals surface area contributed by atoms with E-state index in [9.17, 15) is 0 Å². The van der Waals surface area contributed by atoms with Crippen LogP contribution in [-0.4, -0.2) is 0 Å². The Morgan fingerprint density at radius 2 is 1.84 bits per heavy atom. The zero-order chi connectivity index (χ0) is 13.7. The highest BCUT2D eigenvalue weighted by molar-refractivity contribution is 6.30. The third kappa shape index (κ3) is 3.80. The zero-order valence-corrected chi connectivity index (χ0v) is 11.8. The number of aryl methyl sites for hydroxylation is 1. The second-order valence-corrected chi connectivity index (χ2v) is 5.08. The summed E-state index contributed by atoms with van der Waals surface area (Å²) < 4.78 is 0. The van der Waals surface area contributed by atoms with E-state index >= 15 is 0 Å². The number of rotatable bonds is 5. The van der Waals surface area contributed by atoms with Crippen molar-refractivity contribution >= 4 is 11.6 Å². The molecule has 1 unspecified atom stereocenters. The van der Waals surface area contributed by atoms with E-state index in [1.165, 1.54) is 16.7 Å². The van der Waals surface area contributed by atoms with Crippen LogP contribution in [0.4, 0.5) is 0 Å². The van der Waals surface area contributed by atoms with Crippen molar-refractivity contribution in [1.82, 2.24) is 5.43 Å². The van der Waals surface area contributed by atoms with Crippen molar-refractivity contribution < 1.29 is 0 Å². The van der Waals surface area contributed by atoms with E-state index in [0.717, 1.165) is 17.9 Å². The van der Waals surface area contributed by atoms with Gasteiger partial charge in [0, 0.05) is 11.1 Å². The molecule has 100 valence electrons. The highest BCUT2D eigenvalue weighted by Crippen LogP contribution is 2.20. The molecule has 0 aliphatic rings. The fraction of sp³-hybridized carbons (Fsp3) is 0.250. The molecule has 3 N–H and O–H groups in total. The number of halogens is 1. The van der Waals surface area contributed by atoms with Crippen molar-refractivity contribution in [2.75, 3.05) is 0 Å². The van der Waals surface area contributed by atoms with Gasteiger partial charge in [0.2, 0.25) is 0 Å². The smallest absolute Gasteiger partial charge is 0.0500 e. The van der Waals surface area contributed by atoms with Crippen molar-refractivity contribution in [3.05, 3.63) is 70.2 Å². The molecule has 0 radical (unpaired) electrons. The van der Waals surface area contributed by atoms with E-state index in [2.05, 4.69) is 42.7 Å². The first-order valence-electron chi connectivity index (χ1n) is 6.52. The van der Waals surface area contributed by atoms with Gasteiger partial charge in [-0.2, -0.15) is 0 Å². The van der Waals surface area contributed by atoms with Gasteiger partial charge in [-0.3, -0.25) is 11.3 Å². The van der Waals surface area contributed by atoms with Gasteiger partial charge in [-0.25, -0.2) is 0 Å². The highest BCUT2D eigenvalue weighted by Gasteiger charge is 2.10. The van der Waals surface area contributed by atoms with Crippen molar-refractivity contribution in [1.29, 1.82) is 0 Å². The SMILES string of the molecule is CCc1ccc(C(Cc2cccc(Cl)c2)NN)cc1. The minimum atomic E-state index is 0.101. The fourth-order valence-electron chi connectivity index (χ4n) is 2.16. The lowest BCUT2D eigenvalue weighted by atomic mass is 9.98. The summed E-state index contributed by atoms with van der Waals surface area (Å²) in [5, 5.41) is 0.759. The maximum absolute atomic E-state index is 6.01. The molecule has 2 aromatic rings. The zero-order valence-electron chi connectivity index (χ0n) is 11.1. The molecule has 2 aromatic carbocycles. The Labute approximate surface area is 119 Å². The molecule has 0 aromatic heterocycles. The van der Waals surface area contributed by atoms with Crippen LogP contribution in [0.1, 0.15) is 29.7 Å². The number of nitrogens with one attached hydrogen (secondary N) is 1. The van der Waals surface area contributed by atoms with E-state index < -0.39 is 0 Å². The van der Waals surface area contributed by atoms with Gasteiger partial charge in [0.25, 0.3) is 0 Å². The summed E-state index contributed by atoms with van der Waals surface area (Å²) in [5.41, 5.74) is 6.59. The van der Waals surface area contributed by atoms with Gasteiger partial charge >= 0.3 is 0 Å². The Kier molecular flexibility index (Phi) is 4.97. The van der Waals surface area contributed by atoms with Gasteiger partial charge in [0.1, 0.15) is 0 Å². The van der Waals surface area contributed by atoms with Crippen molar-refractivity contribution in [2.24, 2.45) is 5.84 Å². The summed E-state index contributed by atoms with van der Waals surface area (Å²) in [6.45, 7) is 2.15. The summed E-state index contributed by atoms with van der Waals surface area (Å²) in [6, 6.07) is 16.6. The number of benzene rings is 2. The second kappa shape index (κ2) is 6.71. The molecule has 0 aliphatic carbocycles. The molecule has 0 spiro atoms. The topological polar surface area (TPSA) is 38.0 Å². The molecule has 0 saturated carbocycles. The van der Waals surface area contributed by atoms with Gasteiger partial charge in [-0.1, -0.05) is 54.9 Å². The lowest BCUT2D eigenvalue weighted by Gasteiger charge is -2.17. The van der Waals surface area contributed by atoms with Crippen LogP contribution in [0.5, 0.6) is 0 Å². The van der Waals surface area contributed by atoms with Crippen molar-refractivity contribution in [3.63, 3.8) is 0 Å². The van der Waals surface area contributed by atoms with Gasteiger partial charge in [-0.15, -0.1) is 0 Å². The van der Waals surface area contributed by atoms with Crippen LogP contribution >= 0.6 is 11.6 Å². The quantitative estimate of drug-likeness (QED) is 0.645. The summed E-state index contributed by atoms with van der Waals surface area (Å²) in [4.78, 5) is 0. The van der Waals surface area contributed by atoms with E-state index in [0.29, 0.717) is 0 Å². The first-order valence-corrected chi connectivity index (χ1v) is 6.90. The van der Waals surface area contributed by atoms with E-state index in [1.54, 1.807) is 0 Å². The molecular weight excluding hydrogens is 256 g/mol. The molecule has 0 heterocycles. The Hall–Kier alpha value is -1.35. The highest BCUT2D eigenvalue weighted by atomic mass is 35.5. The number of hydrazine groups is 1. The van der Waals surface area contributed by atoms with Crippen LogP contribution in [-0.2, 0) is 12.8 Å². The van der Waals surface area contributed by atoms with Crippen LogP contribution in [0.15, 0.2) is 48.5 Å². The van der Waals surface area contributed by atoms with Crippen LogP contribution < -0.4 is 11.3 Å². The predicted molar refractivity (Wildman–Crippen MR) is 81.0 cm³/mol. The monoisotopic (exact) mass is 274 g/mol. The fourth-order valence-corrected chi connectivity index (χ4v) is 2.37. The van der Waals surface area contributed by atoms with Gasteiger partial charge in [0.15, 0.2) is 0 Å². The van der Waals surface area contributed by atoms with Gasteiger partial charge in [0.05, 0.1) is 0 Å². The molecule has 2 rings (SSSR count). The minimum Gasteiger partial charge on any atom is -0.271 e.